The van der Waals surface area contributed by atoms with Gasteiger partial charge in [0.25, 0.3) is 5.91 Å². The second-order valence-corrected chi connectivity index (χ2v) is 7.12. The first kappa shape index (κ1) is 21.0. The fraction of sp³-hybridized carbons (Fsp3) is 0.136. The van der Waals surface area contributed by atoms with Gasteiger partial charge in [0.05, 0.1) is 17.6 Å². The standard InChI is InChI=1S/C22H18F2N6O2/c1-12-21-26-10-19(14-4-7-20(25-9-14)28-13(2)31)30(21)11-18(27-12)22(32)29(3)15-5-6-16(23)17(24)8-15/h4-11H,1-3H3,(H,25,28,31). The van der Waals surface area contributed by atoms with Crippen LogP contribution in [0.5, 0.6) is 0 Å². The zero-order chi connectivity index (χ0) is 23.0. The van der Waals surface area contributed by atoms with E-state index < -0.39 is 17.5 Å². The van der Waals surface area contributed by atoms with Crippen LogP contribution in [0.4, 0.5) is 20.3 Å². The molecule has 1 N–H and O–H groups in total. The number of pyridine rings is 1. The van der Waals surface area contributed by atoms with Crippen molar-refractivity contribution >= 4 is 29.0 Å². The van der Waals surface area contributed by atoms with E-state index in [4.69, 9.17) is 0 Å². The van der Waals surface area contributed by atoms with Crippen LogP contribution in [0.15, 0.2) is 48.9 Å². The van der Waals surface area contributed by atoms with Crippen LogP contribution in [0.25, 0.3) is 16.9 Å². The lowest BCUT2D eigenvalue weighted by atomic mass is 10.2. The molecule has 3 heterocycles. The van der Waals surface area contributed by atoms with E-state index >= 15 is 0 Å². The minimum atomic E-state index is -1.05. The number of aryl methyl sites for hydroxylation is 1. The highest BCUT2D eigenvalue weighted by atomic mass is 19.2. The van der Waals surface area contributed by atoms with Crippen molar-refractivity contribution in [2.24, 2.45) is 0 Å². The maximum absolute atomic E-state index is 13.6. The van der Waals surface area contributed by atoms with E-state index in [9.17, 15) is 18.4 Å². The summed E-state index contributed by atoms with van der Waals surface area (Å²) in [6.45, 7) is 3.12. The molecule has 0 aliphatic rings. The summed E-state index contributed by atoms with van der Waals surface area (Å²) in [6.07, 6.45) is 4.75. The summed E-state index contributed by atoms with van der Waals surface area (Å²) < 4.78 is 28.6. The minimum absolute atomic E-state index is 0.101. The molecule has 2 amide bonds. The Morgan fingerprint density at radius 1 is 1.06 bits per heavy atom. The van der Waals surface area contributed by atoms with Crippen LogP contribution in [-0.2, 0) is 4.79 Å². The molecule has 1 aromatic carbocycles. The van der Waals surface area contributed by atoms with E-state index in [1.54, 1.807) is 35.9 Å². The molecule has 0 radical (unpaired) electrons. The summed E-state index contributed by atoms with van der Waals surface area (Å²) >= 11 is 0. The zero-order valence-electron chi connectivity index (χ0n) is 17.4. The monoisotopic (exact) mass is 436 g/mol. The molecule has 0 aliphatic carbocycles. The van der Waals surface area contributed by atoms with E-state index in [0.717, 1.165) is 12.1 Å². The van der Waals surface area contributed by atoms with Gasteiger partial charge >= 0.3 is 0 Å². The Bertz CT molecular complexity index is 1350. The van der Waals surface area contributed by atoms with Gasteiger partial charge in [-0.1, -0.05) is 0 Å². The fourth-order valence-electron chi connectivity index (χ4n) is 3.24. The summed E-state index contributed by atoms with van der Waals surface area (Å²) in [4.78, 5) is 38.3. The summed E-state index contributed by atoms with van der Waals surface area (Å²) in [7, 11) is 1.45. The van der Waals surface area contributed by atoms with Gasteiger partial charge < -0.3 is 10.2 Å². The van der Waals surface area contributed by atoms with Crippen molar-refractivity contribution in [3.63, 3.8) is 0 Å². The Balaban J connectivity index is 1.72. The maximum atomic E-state index is 13.6. The van der Waals surface area contributed by atoms with Gasteiger partial charge in [0.15, 0.2) is 17.3 Å². The van der Waals surface area contributed by atoms with Crippen molar-refractivity contribution in [3.05, 3.63) is 71.9 Å². The van der Waals surface area contributed by atoms with E-state index in [1.165, 1.54) is 31.1 Å². The molecule has 0 bridgehead atoms. The first-order valence-corrected chi connectivity index (χ1v) is 9.56. The molecule has 4 rings (SSSR count). The highest BCUT2D eigenvalue weighted by molar-refractivity contribution is 6.04. The number of benzene rings is 1. The average molecular weight is 436 g/mol. The molecule has 0 fully saturated rings. The van der Waals surface area contributed by atoms with Crippen molar-refractivity contribution in [3.8, 4) is 11.3 Å². The third-order valence-electron chi connectivity index (χ3n) is 4.84. The molecule has 10 heteroatoms. The number of carbonyl (C=O) groups is 2. The Morgan fingerprint density at radius 3 is 2.50 bits per heavy atom. The fourth-order valence-corrected chi connectivity index (χ4v) is 3.24. The van der Waals surface area contributed by atoms with Crippen molar-refractivity contribution in [2.75, 3.05) is 17.3 Å². The van der Waals surface area contributed by atoms with E-state index in [1.807, 2.05) is 0 Å². The van der Waals surface area contributed by atoms with Gasteiger partial charge in [-0.05, 0) is 31.2 Å². The van der Waals surface area contributed by atoms with Gasteiger partial charge in [-0.2, -0.15) is 0 Å². The van der Waals surface area contributed by atoms with E-state index in [-0.39, 0.29) is 17.3 Å². The van der Waals surface area contributed by atoms with Crippen LogP contribution >= 0.6 is 0 Å². The maximum Gasteiger partial charge on any atom is 0.278 e. The van der Waals surface area contributed by atoms with Crippen LogP contribution in [0, 0.1) is 18.6 Å². The van der Waals surface area contributed by atoms with E-state index in [0.29, 0.717) is 28.4 Å². The number of anilines is 2. The minimum Gasteiger partial charge on any atom is -0.311 e. The predicted octanol–water partition coefficient (Wildman–Crippen LogP) is 3.61. The first-order chi connectivity index (χ1) is 15.2. The molecular weight excluding hydrogens is 418 g/mol. The normalized spacial score (nSPS) is 10.9. The highest BCUT2D eigenvalue weighted by Crippen LogP contribution is 2.24. The smallest absolute Gasteiger partial charge is 0.278 e. The topological polar surface area (TPSA) is 92.5 Å². The number of rotatable bonds is 4. The lowest BCUT2D eigenvalue weighted by molar-refractivity contribution is -0.114. The average Bonchev–Trinajstić information content (AvgIpc) is 3.19. The van der Waals surface area contributed by atoms with Crippen LogP contribution in [0.3, 0.4) is 0 Å². The molecule has 0 spiro atoms. The number of fused-ring (bicyclic) bond motifs is 1. The van der Waals surface area contributed by atoms with Gasteiger partial charge in [-0.15, -0.1) is 0 Å². The number of amides is 2. The molecule has 162 valence electrons. The van der Waals surface area contributed by atoms with Crippen LogP contribution in [0.1, 0.15) is 23.1 Å². The van der Waals surface area contributed by atoms with Gasteiger partial charge in [0, 0.05) is 43.7 Å². The van der Waals surface area contributed by atoms with Gasteiger partial charge in [-0.3, -0.25) is 14.0 Å². The Labute approximate surface area is 181 Å². The Morgan fingerprint density at radius 2 is 1.84 bits per heavy atom. The second kappa shape index (κ2) is 8.14. The van der Waals surface area contributed by atoms with Crippen molar-refractivity contribution in [1.29, 1.82) is 0 Å². The SMILES string of the molecule is CC(=O)Nc1ccc(-c2cnc3c(C)nc(C(=O)N(C)c4ccc(F)c(F)c4)cn23)cn1. The number of imidazole rings is 1. The van der Waals surface area contributed by atoms with E-state index in [2.05, 4.69) is 20.3 Å². The first-order valence-electron chi connectivity index (χ1n) is 9.56. The van der Waals surface area contributed by atoms with Gasteiger partial charge in [0.2, 0.25) is 5.91 Å². The second-order valence-electron chi connectivity index (χ2n) is 7.12. The summed E-state index contributed by atoms with van der Waals surface area (Å²) in [5.41, 5.74) is 2.74. The molecular formula is C22H18F2N6O2. The van der Waals surface area contributed by atoms with Crippen LogP contribution in [0.2, 0.25) is 0 Å². The summed E-state index contributed by atoms with van der Waals surface area (Å²) in [5.74, 6) is -2.35. The third kappa shape index (κ3) is 3.89. The molecule has 0 atom stereocenters. The molecule has 8 nitrogen and oxygen atoms in total. The molecule has 4 aromatic rings. The predicted molar refractivity (Wildman–Crippen MR) is 114 cm³/mol. The number of nitrogens with zero attached hydrogens (tertiary/aromatic N) is 5. The van der Waals surface area contributed by atoms with Gasteiger partial charge in [0.1, 0.15) is 11.5 Å². The molecule has 0 saturated heterocycles. The molecule has 0 saturated carbocycles. The van der Waals surface area contributed by atoms with Crippen LogP contribution < -0.4 is 10.2 Å². The number of halogens is 2. The number of aromatic nitrogens is 4. The Kier molecular flexibility index (Phi) is 5.35. The summed E-state index contributed by atoms with van der Waals surface area (Å²) in [5, 5.41) is 2.60. The molecule has 0 unspecified atom stereocenters. The number of hydrogen-bond donors (Lipinski definition) is 1. The number of carbonyl (C=O) groups excluding carboxylic acids is 2. The quantitative estimate of drug-likeness (QED) is 0.528. The van der Waals surface area contributed by atoms with Crippen molar-refractivity contribution in [1.82, 2.24) is 19.4 Å². The van der Waals surface area contributed by atoms with Crippen molar-refractivity contribution in [2.45, 2.75) is 13.8 Å². The third-order valence-corrected chi connectivity index (χ3v) is 4.84. The molecule has 3 aromatic heterocycles. The molecule has 0 aliphatic heterocycles. The number of hydrogen-bond acceptors (Lipinski definition) is 5. The van der Waals surface area contributed by atoms with Crippen LogP contribution in [-0.4, -0.2) is 38.2 Å². The lowest BCUT2D eigenvalue weighted by Crippen LogP contribution is -2.28. The number of nitrogens with one attached hydrogen (secondary N) is 1. The molecule has 32 heavy (non-hydrogen) atoms. The largest absolute Gasteiger partial charge is 0.311 e. The lowest BCUT2D eigenvalue weighted by Gasteiger charge is -2.17. The summed E-state index contributed by atoms with van der Waals surface area (Å²) in [6, 6.07) is 6.65. The highest BCUT2D eigenvalue weighted by Gasteiger charge is 2.20. The zero-order valence-corrected chi connectivity index (χ0v) is 17.4. The Hall–Kier alpha value is -4.21. The van der Waals surface area contributed by atoms with Crippen molar-refractivity contribution < 1.29 is 18.4 Å². The van der Waals surface area contributed by atoms with Gasteiger partial charge in [-0.25, -0.2) is 23.7 Å².